The molecule has 1 rings (SSSR count). The Labute approximate surface area is 112 Å². The highest BCUT2D eigenvalue weighted by Gasteiger charge is 2.04. The summed E-state index contributed by atoms with van der Waals surface area (Å²) < 4.78 is 0. The van der Waals surface area contributed by atoms with Gasteiger partial charge in [-0.25, -0.2) is 0 Å². The first-order valence-corrected chi connectivity index (χ1v) is 6.49. The lowest BCUT2D eigenvalue weighted by Crippen LogP contribution is -2.11. The van der Waals surface area contributed by atoms with Gasteiger partial charge in [-0.3, -0.25) is 4.79 Å². The van der Waals surface area contributed by atoms with Crippen molar-refractivity contribution >= 4 is 23.2 Å². The maximum atomic E-state index is 11.6. The maximum absolute atomic E-state index is 11.6. The molecule has 0 unspecified atom stereocenters. The van der Waals surface area contributed by atoms with Gasteiger partial charge in [0.05, 0.1) is 5.02 Å². The number of carbonyl (C=O) groups excluding carboxylic acids is 1. The van der Waals surface area contributed by atoms with Crippen LogP contribution in [0.4, 0.5) is 5.69 Å². The van der Waals surface area contributed by atoms with E-state index in [1.54, 1.807) is 6.07 Å². The molecule has 1 aromatic rings. The van der Waals surface area contributed by atoms with Gasteiger partial charge in [-0.05, 0) is 37.6 Å². The molecule has 0 aliphatic carbocycles. The second kappa shape index (κ2) is 7.95. The first-order valence-electron chi connectivity index (χ1n) is 6.12. The summed E-state index contributed by atoms with van der Waals surface area (Å²) in [6.07, 6.45) is 4.44. The highest BCUT2D eigenvalue weighted by atomic mass is 35.5. The Morgan fingerprint density at radius 2 is 2.00 bits per heavy atom. The molecule has 0 atom stereocenters. The zero-order valence-electron chi connectivity index (χ0n) is 10.3. The van der Waals surface area contributed by atoms with Crippen LogP contribution in [0.5, 0.6) is 5.75 Å². The number of benzene rings is 1. The van der Waals surface area contributed by atoms with E-state index in [4.69, 9.17) is 17.3 Å². The molecule has 4 N–H and O–H groups in total. The zero-order chi connectivity index (χ0) is 13.4. The zero-order valence-corrected chi connectivity index (χ0v) is 11.0. The third-order valence-corrected chi connectivity index (χ3v) is 2.89. The topological polar surface area (TPSA) is 75.4 Å². The molecule has 0 aliphatic rings. The number of phenolic OH excluding ortho intramolecular Hbond substituents is 1. The molecule has 100 valence electrons. The normalized spacial score (nSPS) is 10.3. The first kappa shape index (κ1) is 14.8. The Balaban J connectivity index is 2.29. The number of amides is 1. The Kier molecular flexibility index (Phi) is 6.54. The van der Waals surface area contributed by atoms with Crippen LogP contribution in [0, 0.1) is 0 Å². The van der Waals surface area contributed by atoms with Gasteiger partial charge in [0.1, 0.15) is 5.75 Å². The Morgan fingerprint density at radius 1 is 1.28 bits per heavy atom. The summed E-state index contributed by atoms with van der Waals surface area (Å²) in [5.74, 6) is -0.0269. The number of hydrogen-bond donors (Lipinski definition) is 3. The van der Waals surface area contributed by atoms with Gasteiger partial charge in [-0.1, -0.05) is 24.4 Å². The molecule has 1 amide bonds. The van der Waals surface area contributed by atoms with E-state index in [1.807, 2.05) is 0 Å². The van der Waals surface area contributed by atoms with Crippen molar-refractivity contribution < 1.29 is 9.90 Å². The number of unbranched alkanes of at least 4 members (excludes halogenated alkanes) is 3. The second-order valence-electron chi connectivity index (χ2n) is 4.17. The average Bonchev–Trinajstić information content (AvgIpc) is 2.34. The summed E-state index contributed by atoms with van der Waals surface area (Å²) in [6.45, 7) is 0.707. The van der Waals surface area contributed by atoms with Crippen LogP contribution in [0.1, 0.15) is 32.1 Å². The van der Waals surface area contributed by atoms with E-state index < -0.39 is 0 Å². The van der Waals surface area contributed by atoms with Gasteiger partial charge in [0, 0.05) is 12.1 Å². The Bertz CT molecular complexity index is 397. The molecule has 0 saturated heterocycles. The summed E-state index contributed by atoms with van der Waals surface area (Å²) in [6, 6.07) is 4.61. The first-order chi connectivity index (χ1) is 8.63. The fourth-order valence-corrected chi connectivity index (χ4v) is 1.77. The van der Waals surface area contributed by atoms with Gasteiger partial charge >= 0.3 is 0 Å². The predicted molar refractivity (Wildman–Crippen MR) is 73.9 cm³/mol. The third kappa shape index (κ3) is 5.38. The van der Waals surface area contributed by atoms with Gasteiger partial charge in [0.25, 0.3) is 0 Å². The molecule has 0 aromatic heterocycles. The van der Waals surface area contributed by atoms with Crippen molar-refractivity contribution in [1.29, 1.82) is 0 Å². The van der Waals surface area contributed by atoms with Crippen LogP contribution in [0.15, 0.2) is 18.2 Å². The van der Waals surface area contributed by atoms with Crippen molar-refractivity contribution in [2.45, 2.75) is 32.1 Å². The molecule has 18 heavy (non-hydrogen) atoms. The lowest BCUT2D eigenvalue weighted by molar-refractivity contribution is -0.116. The summed E-state index contributed by atoms with van der Waals surface area (Å²) in [4.78, 5) is 11.6. The van der Waals surface area contributed by atoms with E-state index in [0.717, 1.165) is 25.7 Å². The van der Waals surface area contributed by atoms with Crippen LogP contribution in [0.25, 0.3) is 0 Å². The van der Waals surface area contributed by atoms with E-state index >= 15 is 0 Å². The fourth-order valence-electron chi connectivity index (χ4n) is 1.59. The SMILES string of the molecule is NCCCCCCC(=O)Nc1ccc(O)c(Cl)c1. The van der Waals surface area contributed by atoms with Crippen LogP contribution in [-0.4, -0.2) is 17.6 Å². The summed E-state index contributed by atoms with van der Waals surface area (Å²) in [5, 5.41) is 12.2. The maximum Gasteiger partial charge on any atom is 0.224 e. The number of hydrogen-bond acceptors (Lipinski definition) is 3. The lowest BCUT2D eigenvalue weighted by atomic mass is 10.1. The number of halogens is 1. The van der Waals surface area contributed by atoms with Crippen LogP contribution < -0.4 is 11.1 Å². The van der Waals surface area contributed by atoms with Gasteiger partial charge < -0.3 is 16.2 Å². The molecular formula is C13H19ClN2O2. The monoisotopic (exact) mass is 270 g/mol. The molecule has 1 aromatic carbocycles. The molecule has 0 fully saturated rings. The molecular weight excluding hydrogens is 252 g/mol. The van der Waals surface area contributed by atoms with Crippen LogP contribution >= 0.6 is 11.6 Å². The minimum atomic E-state index is -0.0375. The smallest absolute Gasteiger partial charge is 0.224 e. The molecule has 0 saturated carbocycles. The van der Waals surface area contributed by atoms with E-state index in [9.17, 15) is 9.90 Å². The van der Waals surface area contributed by atoms with Crippen molar-refractivity contribution in [3.63, 3.8) is 0 Å². The number of nitrogens with two attached hydrogens (primary N) is 1. The van der Waals surface area contributed by atoms with E-state index in [1.165, 1.54) is 12.1 Å². The number of nitrogens with one attached hydrogen (secondary N) is 1. The highest BCUT2D eigenvalue weighted by molar-refractivity contribution is 6.32. The highest BCUT2D eigenvalue weighted by Crippen LogP contribution is 2.26. The summed E-state index contributed by atoms with van der Waals surface area (Å²) in [5.41, 5.74) is 5.99. The van der Waals surface area contributed by atoms with Crippen molar-refractivity contribution in [3.05, 3.63) is 23.2 Å². The average molecular weight is 271 g/mol. The number of rotatable bonds is 7. The molecule has 0 heterocycles. The molecule has 0 aliphatic heterocycles. The van der Waals surface area contributed by atoms with Gasteiger partial charge in [-0.15, -0.1) is 0 Å². The van der Waals surface area contributed by atoms with E-state index in [0.29, 0.717) is 18.7 Å². The van der Waals surface area contributed by atoms with Crippen molar-refractivity contribution in [3.8, 4) is 5.75 Å². The second-order valence-corrected chi connectivity index (χ2v) is 4.57. The Morgan fingerprint density at radius 3 is 2.67 bits per heavy atom. The minimum absolute atomic E-state index is 0.0106. The molecule has 0 spiro atoms. The van der Waals surface area contributed by atoms with Gasteiger partial charge in [0.2, 0.25) is 5.91 Å². The van der Waals surface area contributed by atoms with Crippen LogP contribution in [-0.2, 0) is 4.79 Å². The number of carbonyl (C=O) groups is 1. The summed E-state index contributed by atoms with van der Waals surface area (Å²) in [7, 11) is 0. The van der Waals surface area contributed by atoms with E-state index in [-0.39, 0.29) is 16.7 Å². The number of anilines is 1. The number of phenols is 1. The standard InChI is InChI=1S/C13H19ClN2O2/c14-11-9-10(6-7-12(11)17)16-13(18)5-3-1-2-4-8-15/h6-7,9,17H,1-5,8,15H2,(H,16,18). The molecule has 4 nitrogen and oxygen atoms in total. The van der Waals surface area contributed by atoms with E-state index in [2.05, 4.69) is 5.32 Å². The molecule has 0 bridgehead atoms. The van der Waals surface area contributed by atoms with Gasteiger partial charge in [0.15, 0.2) is 0 Å². The fraction of sp³-hybridized carbons (Fsp3) is 0.462. The predicted octanol–water partition coefficient (Wildman–Crippen LogP) is 2.89. The summed E-state index contributed by atoms with van der Waals surface area (Å²) >= 11 is 5.75. The minimum Gasteiger partial charge on any atom is -0.506 e. The number of aromatic hydroxyl groups is 1. The quantitative estimate of drug-likeness (QED) is 0.527. The van der Waals surface area contributed by atoms with Gasteiger partial charge in [-0.2, -0.15) is 0 Å². The van der Waals surface area contributed by atoms with Crippen molar-refractivity contribution in [1.82, 2.24) is 0 Å². The third-order valence-electron chi connectivity index (χ3n) is 2.59. The van der Waals surface area contributed by atoms with Crippen LogP contribution in [0.2, 0.25) is 5.02 Å². The van der Waals surface area contributed by atoms with Crippen molar-refractivity contribution in [2.24, 2.45) is 5.73 Å². The Hall–Kier alpha value is -1.26. The molecule has 5 heteroatoms. The van der Waals surface area contributed by atoms with Crippen LogP contribution in [0.3, 0.4) is 0 Å². The molecule has 0 radical (unpaired) electrons. The lowest BCUT2D eigenvalue weighted by Gasteiger charge is -2.06. The van der Waals surface area contributed by atoms with Crippen molar-refractivity contribution in [2.75, 3.05) is 11.9 Å². The largest absolute Gasteiger partial charge is 0.506 e.